The van der Waals surface area contributed by atoms with Crippen molar-refractivity contribution in [3.63, 3.8) is 0 Å². The van der Waals surface area contributed by atoms with Crippen molar-refractivity contribution in [2.75, 3.05) is 0 Å². The second-order valence-corrected chi connectivity index (χ2v) is 11.1. The van der Waals surface area contributed by atoms with E-state index < -0.39 is 38.2 Å². The minimum Gasteiger partial charge on any atom is -0.493 e. The van der Waals surface area contributed by atoms with E-state index >= 15 is 0 Å². The van der Waals surface area contributed by atoms with Gasteiger partial charge in [-0.15, -0.1) is 0 Å². The van der Waals surface area contributed by atoms with Gasteiger partial charge in [0, 0.05) is 18.2 Å². The number of aromatic nitrogens is 3. The lowest BCUT2D eigenvalue weighted by molar-refractivity contribution is 0.369. The van der Waals surface area contributed by atoms with Crippen molar-refractivity contribution >= 4 is 9.84 Å². The Hall–Kier alpha value is -4.36. The molecule has 0 bridgehead atoms. The second-order valence-electron chi connectivity index (χ2n) is 9.17. The van der Waals surface area contributed by atoms with Gasteiger partial charge in [0.1, 0.15) is 5.82 Å². The zero-order chi connectivity index (χ0) is 28.3. The SMILES string of the molecule is CCCCc1nc(=O)c(S(=O)(=O)c2ccc(-c3ccnc(F)c3C)cc2)c(O)n1C(C)c1cccc(C#N)c1. The Labute approximate surface area is 226 Å². The molecule has 4 aromatic rings. The van der Waals surface area contributed by atoms with Gasteiger partial charge in [0.2, 0.25) is 21.7 Å². The molecule has 39 heavy (non-hydrogen) atoms. The van der Waals surface area contributed by atoms with Crippen molar-refractivity contribution in [1.82, 2.24) is 14.5 Å². The Kier molecular flexibility index (Phi) is 7.93. The number of rotatable bonds is 8. The molecule has 8 nitrogen and oxygen atoms in total. The van der Waals surface area contributed by atoms with Crippen LogP contribution in [0.2, 0.25) is 0 Å². The third kappa shape index (κ3) is 5.31. The van der Waals surface area contributed by atoms with Crippen molar-refractivity contribution < 1.29 is 17.9 Å². The molecular formula is C29H27FN4O4S. The zero-order valence-corrected chi connectivity index (χ0v) is 22.5. The standard InChI is InChI=1S/C29H27FN4O4S/c1-4-5-9-25-33-28(35)26(29(36)34(25)19(3)22-8-6-7-20(16-22)17-31)39(37,38)23-12-10-21(11-13-23)24-14-15-32-27(30)18(24)2/h6-8,10-16,19,36H,4-5,9H2,1-3H3. The van der Waals surface area contributed by atoms with Gasteiger partial charge in [-0.1, -0.05) is 37.6 Å². The number of benzene rings is 2. The highest BCUT2D eigenvalue weighted by Crippen LogP contribution is 2.33. The minimum atomic E-state index is -4.49. The van der Waals surface area contributed by atoms with E-state index in [0.717, 1.165) is 6.42 Å². The van der Waals surface area contributed by atoms with Gasteiger partial charge in [-0.05, 0) is 67.3 Å². The fourth-order valence-electron chi connectivity index (χ4n) is 4.47. The summed E-state index contributed by atoms with van der Waals surface area (Å²) in [6.07, 6.45) is 3.13. The smallest absolute Gasteiger partial charge is 0.296 e. The van der Waals surface area contributed by atoms with Crippen LogP contribution in [0, 0.1) is 24.2 Å². The number of aromatic hydroxyl groups is 1. The van der Waals surface area contributed by atoms with Gasteiger partial charge in [-0.2, -0.15) is 14.6 Å². The first kappa shape index (κ1) is 27.7. The first-order valence-electron chi connectivity index (χ1n) is 12.4. The predicted molar refractivity (Wildman–Crippen MR) is 144 cm³/mol. The molecule has 0 aliphatic heterocycles. The van der Waals surface area contributed by atoms with Crippen LogP contribution in [0.4, 0.5) is 4.39 Å². The molecule has 0 aliphatic rings. The Morgan fingerprint density at radius 2 is 1.87 bits per heavy atom. The summed E-state index contributed by atoms with van der Waals surface area (Å²) >= 11 is 0. The Balaban J connectivity index is 1.85. The highest BCUT2D eigenvalue weighted by molar-refractivity contribution is 7.91. The molecule has 4 rings (SSSR count). The van der Waals surface area contributed by atoms with Gasteiger partial charge < -0.3 is 5.11 Å². The normalized spacial score (nSPS) is 12.2. The zero-order valence-electron chi connectivity index (χ0n) is 21.7. The van der Waals surface area contributed by atoms with Crippen molar-refractivity contribution in [1.29, 1.82) is 5.26 Å². The number of nitriles is 1. The Morgan fingerprint density at radius 1 is 1.15 bits per heavy atom. The first-order valence-corrected chi connectivity index (χ1v) is 13.9. The third-order valence-electron chi connectivity index (χ3n) is 6.66. The van der Waals surface area contributed by atoms with Crippen molar-refractivity contribution in [3.8, 4) is 23.1 Å². The van der Waals surface area contributed by atoms with Crippen LogP contribution < -0.4 is 5.56 Å². The van der Waals surface area contributed by atoms with E-state index in [0.29, 0.717) is 40.7 Å². The monoisotopic (exact) mass is 546 g/mol. The minimum absolute atomic E-state index is 0.223. The summed E-state index contributed by atoms with van der Waals surface area (Å²) in [4.78, 5) is 19.7. The van der Waals surface area contributed by atoms with E-state index in [1.165, 1.54) is 35.0 Å². The number of halogens is 1. The summed E-state index contributed by atoms with van der Waals surface area (Å²) in [6, 6.07) is 15.4. The van der Waals surface area contributed by atoms with Crippen LogP contribution in [0.15, 0.2) is 75.4 Å². The molecular weight excluding hydrogens is 519 g/mol. The fraction of sp³-hybridized carbons (Fsp3) is 0.241. The molecule has 2 aromatic heterocycles. The van der Waals surface area contributed by atoms with Gasteiger partial charge in [-0.3, -0.25) is 9.36 Å². The van der Waals surface area contributed by atoms with E-state index in [1.807, 2.05) is 6.92 Å². The maximum absolute atomic E-state index is 13.9. The number of sulfone groups is 1. The summed E-state index contributed by atoms with van der Waals surface area (Å²) in [5, 5.41) is 20.6. The van der Waals surface area contributed by atoms with Crippen molar-refractivity contribution in [2.45, 2.75) is 55.9 Å². The van der Waals surface area contributed by atoms with Crippen LogP contribution in [0.1, 0.15) is 55.2 Å². The van der Waals surface area contributed by atoms with Crippen molar-refractivity contribution in [2.24, 2.45) is 0 Å². The lowest BCUT2D eigenvalue weighted by Crippen LogP contribution is -2.27. The highest BCUT2D eigenvalue weighted by atomic mass is 32.2. The fourth-order valence-corrected chi connectivity index (χ4v) is 5.82. The molecule has 0 aliphatic carbocycles. The topological polar surface area (TPSA) is 126 Å². The molecule has 10 heteroatoms. The summed E-state index contributed by atoms with van der Waals surface area (Å²) in [5.41, 5.74) is 1.42. The molecule has 0 amide bonds. The van der Waals surface area contributed by atoms with Gasteiger partial charge in [0.05, 0.1) is 22.6 Å². The van der Waals surface area contributed by atoms with Crippen LogP contribution in [0.25, 0.3) is 11.1 Å². The number of aryl methyl sites for hydroxylation is 1. The Bertz CT molecular complexity index is 1740. The molecule has 200 valence electrons. The summed E-state index contributed by atoms with van der Waals surface area (Å²) in [7, 11) is -4.49. The van der Waals surface area contributed by atoms with E-state index in [-0.39, 0.29) is 10.7 Å². The lowest BCUT2D eigenvalue weighted by atomic mass is 10.0. The molecule has 2 aromatic carbocycles. The van der Waals surface area contributed by atoms with E-state index in [2.05, 4.69) is 16.0 Å². The Morgan fingerprint density at radius 3 is 2.54 bits per heavy atom. The predicted octanol–water partition coefficient (Wildman–Crippen LogP) is 5.11. The van der Waals surface area contributed by atoms with Gasteiger partial charge in [-0.25, -0.2) is 13.4 Å². The average Bonchev–Trinajstić information content (AvgIpc) is 2.93. The number of hydrogen-bond acceptors (Lipinski definition) is 7. The van der Waals surface area contributed by atoms with Crippen LogP contribution in [-0.2, 0) is 16.3 Å². The van der Waals surface area contributed by atoms with E-state index in [4.69, 9.17) is 0 Å². The van der Waals surface area contributed by atoms with Gasteiger partial charge >= 0.3 is 0 Å². The molecule has 1 N–H and O–H groups in total. The molecule has 0 spiro atoms. The van der Waals surface area contributed by atoms with Gasteiger partial charge in [0.15, 0.2) is 4.90 Å². The van der Waals surface area contributed by atoms with Crippen LogP contribution >= 0.6 is 0 Å². The van der Waals surface area contributed by atoms with Crippen LogP contribution in [-0.4, -0.2) is 28.1 Å². The summed E-state index contributed by atoms with van der Waals surface area (Å²) in [5.74, 6) is -1.09. The van der Waals surface area contributed by atoms with Crippen LogP contribution in [0.3, 0.4) is 0 Å². The van der Waals surface area contributed by atoms with Gasteiger partial charge in [0.25, 0.3) is 5.56 Å². The maximum Gasteiger partial charge on any atom is 0.296 e. The number of pyridine rings is 1. The molecule has 2 heterocycles. The molecule has 0 radical (unpaired) electrons. The lowest BCUT2D eigenvalue weighted by Gasteiger charge is -2.23. The molecule has 1 unspecified atom stereocenters. The molecule has 1 atom stereocenters. The number of unbranched alkanes of at least 4 members (excludes halogenated alkanes) is 1. The number of nitrogens with zero attached hydrogens (tertiary/aromatic N) is 4. The van der Waals surface area contributed by atoms with E-state index in [9.17, 15) is 28.0 Å². The molecule has 0 saturated heterocycles. The van der Waals surface area contributed by atoms with Crippen molar-refractivity contribution in [3.05, 3.63) is 99.6 Å². The van der Waals surface area contributed by atoms with Crippen LogP contribution in [0.5, 0.6) is 5.88 Å². The summed E-state index contributed by atoms with van der Waals surface area (Å²) < 4.78 is 42.6. The largest absolute Gasteiger partial charge is 0.493 e. The quantitative estimate of drug-likeness (QED) is 0.304. The highest BCUT2D eigenvalue weighted by Gasteiger charge is 2.31. The first-order chi connectivity index (χ1) is 18.6. The average molecular weight is 547 g/mol. The maximum atomic E-state index is 13.9. The third-order valence-corrected chi connectivity index (χ3v) is 8.45. The molecule has 0 saturated carbocycles. The summed E-state index contributed by atoms with van der Waals surface area (Å²) in [6.45, 7) is 5.27. The number of hydrogen-bond donors (Lipinski definition) is 1. The van der Waals surface area contributed by atoms with E-state index in [1.54, 1.807) is 44.2 Å². The second kappa shape index (κ2) is 11.2. The molecule has 0 fully saturated rings.